The molecule has 4 heteroatoms. The summed E-state index contributed by atoms with van der Waals surface area (Å²) in [4.78, 5) is 0. The second-order valence-electron chi connectivity index (χ2n) is 8.43. The molecule has 2 atom stereocenters. The van der Waals surface area contributed by atoms with Gasteiger partial charge in [-0.25, -0.2) is 0 Å². The van der Waals surface area contributed by atoms with Gasteiger partial charge in [0.15, 0.2) is 0 Å². The van der Waals surface area contributed by atoms with Crippen molar-refractivity contribution in [3.63, 3.8) is 0 Å². The van der Waals surface area contributed by atoms with Crippen molar-refractivity contribution in [3.05, 3.63) is 81.9 Å². The van der Waals surface area contributed by atoms with Crippen molar-refractivity contribution >= 4 is 44.3 Å². The molecular formula is C24H34Cl2SiZr. The number of hydrogen-bond donors (Lipinski definition) is 0. The van der Waals surface area contributed by atoms with Gasteiger partial charge in [-0.2, -0.15) is 0 Å². The molecule has 0 nitrogen and oxygen atoms in total. The predicted octanol–water partition coefficient (Wildman–Crippen LogP) is 7.05. The van der Waals surface area contributed by atoms with Gasteiger partial charge in [-0.05, 0) is 0 Å². The minimum atomic E-state index is -2.36. The first-order valence-electron chi connectivity index (χ1n) is 9.96. The van der Waals surface area contributed by atoms with E-state index in [0.717, 1.165) is 7.25 Å². The zero-order valence-corrected chi connectivity index (χ0v) is 24.0. The van der Waals surface area contributed by atoms with Gasteiger partial charge < -0.3 is 0 Å². The van der Waals surface area contributed by atoms with E-state index in [9.17, 15) is 0 Å². The molecule has 28 heavy (non-hydrogen) atoms. The molecular weight excluding hydrogens is 478 g/mol. The van der Waals surface area contributed by atoms with Crippen LogP contribution in [0.3, 0.4) is 0 Å². The quantitative estimate of drug-likeness (QED) is 0.379. The zero-order valence-electron chi connectivity index (χ0n) is 18.0. The van der Waals surface area contributed by atoms with E-state index in [1.54, 1.807) is 22.3 Å². The molecule has 0 bridgehead atoms. The SMILES string of the molecule is CC1=Cc2ccccc2[CH]1[Zr]([CH3])([SiH3])[CH]1C(C)=Cc2ccccc21.CCC.Cl.Cl. The van der Waals surface area contributed by atoms with Crippen LogP contribution in [0.4, 0.5) is 0 Å². The topological polar surface area (TPSA) is 0 Å². The van der Waals surface area contributed by atoms with Gasteiger partial charge in [-0.3, -0.25) is 0 Å². The van der Waals surface area contributed by atoms with E-state index in [-0.39, 0.29) is 24.8 Å². The van der Waals surface area contributed by atoms with Gasteiger partial charge in [0.2, 0.25) is 0 Å². The maximum absolute atomic E-state index is 2.72. The molecule has 0 heterocycles. The molecule has 0 saturated heterocycles. The van der Waals surface area contributed by atoms with Gasteiger partial charge in [0.25, 0.3) is 0 Å². The Hall–Kier alpha value is -0.400. The smallest absolute Gasteiger partial charge is 0.0590 e. The second-order valence-corrected chi connectivity index (χ2v) is 33.0. The number of halogens is 2. The van der Waals surface area contributed by atoms with E-state index in [1.807, 2.05) is 0 Å². The zero-order chi connectivity index (χ0) is 18.9. The summed E-state index contributed by atoms with van der Waals surface area (Å²) in [5.41, 5.74) is 9.43. The third-order valence-corrected chi connectivity index (χ3v) is 23.7. The number of rotatable bonds is 2. The fourth-order valence-electron chi connectivity index (χ4n) is 5.10. The van der Waals surface area contributed by atoms with E-state index in [0.29, 0.717) is 0 Å². The second kappa shape index (κ2) is 10.6. The van der Waals surface area contributed by atoms with E-state index in [4.69, 9.17) is 0 Å². The molecule has 0 aromatic heterocycles. The summed E-state index contributed by atoms with van der Waals surface area (Å²) in [6.45, 7) is 9.00. The summed E-state index contributed by atoms with van der Waals surface area (Å²) in [6, 6.07) is 18.2. The number of allylic oxidation sites excluding steroid dienone is 2. The van der Waals surface area contributed by atoms with Gasteiger partial charge >= 0.3 is 147 Å². The third kappa shape index (κ3) is 4.67. The molecule has 0 saturated carbocycles. The molecule has 2 aromatic carbocycles. The van der Waals surface area contributed by atoms with Gasteiger partial charge in [-0.15, -0.1) is 24.8 Å². The molecule has 0 radical (unpaired) electrons. The molecule has 0 N–H and O–H groups in total. The minimum absolute atomic E-state index is 0. The molecule has 0 amide bonds. The first-order chi connectivity index (χ1) is 12.4. The van der Waals surface area contributed by atoms with Gasteiger partial charge in [-0.1, -0.05) is 20.3 Å². The first kappa shape index (κ1) is 25.6. The van der Waals surface area contributed by atoms with Crippen LogP contribution in [0.5, 0.6) is 0 Å². The van der Waals surface area contributed by atoms with Crippen molar-refractivity contribution in [2.75, 3.05) is 0 Å². The molecule has 0 spiro atoms. The monoisotopic (exact) mass is 510 g/mol. The van der Waals surface area contributed by atoms with Crippen LogP contribution in [-0.2, 0) is 19.4 Å². The van der Waals surface area contributed by atoms with E-state index in [1.165, 1.54) is 24.9 Å². The summed E-state index contributed by atoms with van der Waals surface area (Å²) < 4.78 is 4.23. The Bertz CT molecular complexity index is 801. The van der Waals surface area contributed by atoms with E-state index < -0.39 is 19.4 Å². The standard InChI is InChI=1S/2C10H9.C3H8.CH3.2ClH.H3Si.Zr/c2*1-8-6-9-4-2-3-5-10(9)7-8;1-3-2;;;;;/h2*2-7H,1H3;3H2,1-2H3;1H3;2*1H;1H3;. The largest absolute Gasteiger partial charge is 0.147 e. The van der Waals surface area contributed by atoms with Crippen molar-refractivity contribution in [2.45, 2.75) is 46.0 Å². The van der Waals surface area contributed by atoms with Gasteiger partial charge in [0.05, 0.1) is 0 Å². The van der Waals surface area contributed by atoms with E-state index in [2.05, 4.69) is 93.0 Å². The maximum Gasteiger partial charge on any atom is -0.0590 e. The summed E-state index contributed by atoms with van der Waals surface area (Å²) in [5, 5.41) is 0. The Kier molecular flexibility index (Phi) is 9.68. The van der Waals surface area contributed by atoms with Crippen LogP contribution >= 0.6 is 24.8 Å². The molecule has 2 aliphatic carbocycles. The summed E-state index contributed by atoms with van der Waals surface area (Å²) in [7, 11) is 1.37. The van der Waals surface area contributed by atoms with Gasteiger partial charge in [0, 0.05) is 0 Å². The van der Waals surface area contributed by atoms with Crippen LogP contribution in [0, 0.1) is 0 Å². The minimum Gasteiger partial charge on any atom is -0.147 e. The van der Waals surface area contributed by atoms with Crippen molar-refractivity contribution in [1.29, 1.82) is 0 Å². The normalized spacial score (nSPS) is 20.9. The maximum atomic E-state index is 2.72. The average Bonchev–Trinajstić information content (AvgIpc) is 3.11. The summed E-state index contributed by atoms with van der Waals surface area (Å²) in [6.07, 6.45) is 6.15. The fourth-order valence-corrected chi connectivity index (χ4v) is 26.4. The van der Waals surface area contributed by atoms with Crippen LogP contribution < -0.4 is 0 Å². The van der Waals surface area contributed by atoms with Crippen molar-refractivity contribution in [2.24, 2.45) is 0 Å². The Morgan fingerprint density at radius 1 is 0.750 bits per heavy atom. The average molecular weight is 513 g/mol. The number of fused-ring (bicyclic) bond motifs is 2. The van der Waals surface area contributed by atoms with Crippen molar-refractivity contribution in [3.8, 4) is 0 Å². The van der Waals surface area contributed by atoms with E-state index >= 15 is 0 Å². The molecule has 152 valence electrons. The van der Waals surface area contributed by atoms with Crippen LogP contribution in [-0.4, -0.2) is 7.37 Å². The van der Waals surface area contributed by atoms with Crippen LogP contribution in [0.15, 0.2) is 59.7 Å². The Morgan fingerprint density at radius 3 is 1.43 bits per heavy atom. The summed E-state index contributed by atoms with van der Waals surface area (Å²) >= 11 is -2.36. The van der Waals surface area contributed by atoms with Crippen LogP contribution in [0.25, 0.3) is 12.2 Å². The summed E-state index contributed by atoms with van der Waals surface area (Å²) in [5.74, 6) is 0. The molecule has 0 aliphatic heterocycles. The Labute approximate surface area is 190 Å². The molecule has 0 fully saturated rings. The van der Waals surface area contributed by atoms with Crippen molar-refractivity contribution in [1.82, 2.24) is 0 Å². The Morgan fingerprint density at radius 2 is 1.07 bits per heavy atom. The first-order valence-corrected chi connectivity index (χ1v) is 23.6. The fraction of sp³-hybridized carbons (Fsp3) is 0.333. The number of benzene rings is 2. The predicted molar refractivity (Wildman–Crippen MR) is 132 cm³/mol. The van der Waals surface area contributed by atoms with Gasteiger partial charge in [0.1, 0.15) is 0 Å². The molecule has 2 aromatic rings. The van der Waals surface area contributed by atoms with Crippen LogP contribution in [0.2, 0.25) is 4.63 Å². The number of hydrogen-bond acceptors (Lipinski definition) is 0. The van der Waals surface area contributed by atoms with Crippen LogP contribution in [0.1, 0.15) is 63.6 Å². The molecule has 2 aliphatic rings. The van der Waals surface area contributed by atoms with Crippen molar-refractivity contribution < 1.29 is 19.4 Å². The third-order valence-electron chi connectivity index (χ3n) is 5.78. The Balaban J connectivity index is 0.000000739. The molecule has 4 rings (SSSR count). The molecule has 2 unspecified atom stereocenters.